The Balaban J connectivity index is 3.18. The molecule has 1 heterocycles. The molecule has 3 nitrogen and oxygen atoms in total. The number of nitrogens with zero attached hydrogens (tertiary/aromatic N) is 2. The Morgan fingerprint density at radius 1 is 1.60 bits per heavy atom. The van der Waals surface area contributed by atoms with Gasteiger partial charge in [0.25, 0.3) is 0 Å². The van der Waals surface area contributed by atoms with Crippen LogP contribution in [-0.2, 0) is 0 Å². The fourth-order valence-electron chi connectivity index (χ4n) is 0.637. The van der Waals surface area contributed by atoms with Crippen LogP contribution in [0.25, 0.3) is 0 Å². The van der Waals surface area contributed by atoms with Gasteiger partial charge in [0.2, 0.25) is 0 Å². The highest BCUT2D eigenvalue weighted by Crippen LogP contribution is 2.00. The summed E-state index contributed by atoms with van der Waals surface area (Å²) in [5.41, 5.74) is 1.12. The van der Waals surface area contributed by atoms with Crippen LogP contribution in [0, 0.1) is 6.92 Å². The lowest BCUT2D eigenvalue weighted by atomic mass is 10.4. The van der Waals surface area contributed by atoms with Crippen molar-refractivity contribution in [2.75, 3.05) is 0 Å². The van der Waals surface area contributed by atoms with Crippen molar-refractivity contribution in [3.63, 3.8) is 0 Å². The van der Waals surface area contributed by atoms with Gasteiger partial charge in [0.05, 0.1) is 0 Å². The molecular weight excluding hydrogens is 148 g/mol. The zero-order chi connectivity index (χ0) is 7.56. The Hall–Kier alpha value is -0.900. The zero-order valence-corrected chi connectivity index (χ0v) is 6.30. The molecule has 0 amide bonds. The molecule has 1 aromatic rings. The summed E-state index contributed by atoms with van der Waals surface area (Å²) in [5.74, 6) is 0. The van der Waals surface area contributed by atoms with Crippen molar-refractivity contribution in [1.82, 2.24) is 9.97 Å². The summed E-state index contributed by atoms with van der Waals surface area (Å²) in [6.07, 6.45) is 0.675. The van der Waals surface area contributed by atoms with Gasteiger partial charge < -0.3 is 0 Å². The lowest BCUT2D eigenvalue weighted by Gasteiger charge is -1.93. The summed E-state index contributed by atoms with van der Waals surface area (Å²) < 4.78 is 0. The highest BCUT2D eigenvalue weighted by molar-refractivity contribution is 7.80. The van der Waals surface area contributed by atoms with E-state index in [0.717, 1.165) is 5.69 Å². The molecule has 0 aliphatic heterocycles. The zero-order valence-electron chi connectivity index (χ0n) is 5.40. The van der Waals surface area contributed by atoms with Gasteiger partial charge in [-0.15, -0.1) is 12.6 Å². The molecule has 0 unspecified atom stereocenters. The second kappa shape index (κ2) is 2.79. The van der Waals surface area contributed by atoms with Crippen molar-refractivity contribution in [3.05, 3.63) is 17.5 Å². The van der Waals surface area contributed by atoms with Crippen molar-refractivity contribution in [2.45, 2.75) is 12.1 Å². The highest BCUT2D eigenvalue weighted by Gasteiger charge is 1.95. The fraction of sp³-hybridized carbons (Fsp3) is 0.167. The van der Waals surface area contributed by atoms with Gasteiger partial charge in [-0.3, -0.25) is 4.79 Å². The van der Waals surface area contributed by atoms with E-state index in [1.54, 1.807) is 13.0 Å². The Bertz CT molecular complexity index is 242. The number of carbonyl (C=O) groups excluding carboxylic acids is 1. The van der Waals surface area contributed by atoms with E-state index < -0.39 is 0 Å². The molecule has 0 bridgehead atoms. The van der Waals surface area contributed by atoms with Gasteiger partial charge in [-0.2, -0.15) is 0 Å². The molecule has 0 N–H and O–H groups in total. The number of carbonyl (C=O) groups is 1. The van der Waals surface area contributed by atoms with Crippen LogP contribution in [0.4, 0.5) is 0 Å². The van der Waals surface area contributed by atoms with Gasteiger partial charge in [0.1, 0.15) is 5.69 Å². The molecule has 0 fully saturated rings. The monoisotopic (exact) mass is 154 g/mol. The average molecular weight is 154 g/mol. The van der Waals surface area contributed by atoms with Crippen molar-refractivity contribution in [1.29, 1.82) is 0 Å². The van der Waals surface area contributed by atoms with Crippen LogP contribution in [0.1, 0.15) is 16.2 Å². The lowest BCUT2D eigenvalue weighted by molar-refractivity contribution is 0.111. The number of thiol groups is 1. The largest absolute Gasteiger partial charge is 0.296 e. The number of aryl methyl sites for hydroxylation is 1. The van der Waals surface area contributed by atoms with Gasteiger partial charge in [0.15, 0.2) is 11.4 Å². The number of hydrogen-bond acceptors (Lipinski definition) is 4. The van der Waals surface area contributed by atoms with Gasteiger partial charge >= 0.3 is 0 Å². The standard InChI is InChI=1S/C6H6N2OS/c1-4-2-5(3-9)8-6(10)7-4/h2-3H,1H3,(H,7,8,10). The fourth-order valence-corrected chi connectivity index (χ4v) is 0.910. The summed E-state index contributed by atoms with van der Waals surface area (Å²) in [5, 5.41) is 0.335. The molecule has 0 saturated carbocycles. The van der Waals surface area contributed by atoms with Gasteiger partial charge in [-0.05, 0) is 13.0 Å². The second-order valence-electron chi connectivity index (χ2n) is 1.85. The maximum Gasteiger partial charge on any atom is 0.185 e. The first-order valence-electron chi connectivity index (χ1n) is 2.72. The quantitative estimate of drug-likeness (QED) is 0.371. The van der Waals surface area contributed by atoms with Crippen molar-refractivity contribution < 1.29 is 4.79 Å². The topological polar surface area (TPSA) is 42.9 Å². The number of hydrogen-bond donors (Lipinski definition) is 1. The number of aromatic nitrogens is 2. The number of aldehydes is 1. The highest BCUT2D eigenvalue weighted by atomic mass is 32.1. The van der Waals surface area contributed by atoms with Crippen LogP contribution >= 0.6 is 12.6 Å². The number of rotatable bonds is 1. The minimum Gasteiger partial charge on any atom is -0.296 e. The van der Waals surface area contributed by atoms with E-state index in [-0.39, 0.29) is 0 Å². The average Bonchev–Trinajstić information content (AvgIpc) is 1.85. The van der Waals surface area contributed by atoms with E-state index in [2.05, 4.69) is 22.6 Å². The predicted octanol–water partition coefficient (Wildman–Crippen LogP) is 0.886. The third-order valence-corrected chi connectivity index (χ3v) is 1.18. The van der Waals surface area contributed by atoms with E-state index in [1.807, 2.05) is 0 Å². The minimum atomic E-state index is 0.335. The summed E-state index contributed by atoms with van der Waals surface area (Å²) in [4.78, 5) is 17.8. The first-order valence-corrected chi connectivity index (χ1v) is 3.17. The molecule has 0 aliphatic rings. The normalized spacial score (nSPS) is 9.40. The second-order valence-corrected chi connectivity index (χ2v) is 2.25. The Morgan fingerprint density at radius 3 is 2.80 bits per heavy atom. The van der Waals surface area contributed by atoms with Crippen LogP contribution in [-0.4, -0.2) is 16.3 Å². The van der Waals surface area contributed by atoms with Gasteiger partial charge in [-0.25, -0.2) is 9.97 Å². The van der Waals surface area contributed by atoms with E-state index in [1.165, 1.54) is 0 Å². The first kappa shape index (κ1) is 7.21. The van der Waals surface area contributed by atoms with Crippen LogP contribution in [0.15, 0.2) is 11.2 Å². The Morgan fingerprint density at radius 2 is 2.30 bits per heavy atom. The maximum atomic E-state index is 10.2. The third kappa shape index (κ3) is 1.54. The summed E-state index contributed by atoms with van der Waals surface area (Å²) >= 11 is 3.90. The molecular formula is C6H6N2OS. The van der Waals surface area contributed by atoms with E-state index >= 15 is 0 Å². The van der Waals surface area contributed by atoms with Crippen molar-refractivity contribution in [3.8, 4) is 0 Å². The summed E-state index contributed by atoms with van der Waals surface area (Å²) in [6, 6.07) is 1.60. The Kier molecular flexibility index (Phi) is 2.01. The predicted molar refractivity (Wildman–Crippen MR) is 39.4 cm³/mol. The molecule has 0 aliphatic carbocycles. The van der Waals surface area contributed by atoms with E-state index in [4.69, 9.17) is 0 Å². The van der Waals surface area contributed by atoms with Crippen LogP contribution in [0.3, 0.4) is 0 Å². The molecule has 0 atom stereocenters. The van der Waals surface area contributed by atoms with Crippen molar-refractivity contribution >= 4 is 18.9 Å². The molecule has 4 heteroatoms. The smallest absolute Gasteiger partial charge is 0.185 e. The SMILES string of the molecule is Cc1cc(C=O)nc(S)n1. The molecule has 0 radical (unpaired) electrons. The molecule has 1 aromatic heterocycles. The van der Waals surface area contributed by atoms with E-state index in [0.29, 0.717) is 17.1 Å². The van der Waals surface area contributed by atoms with Crippen molar-refractivity contribution in [2.24, 2.45) is 0 Å². The van der Waals surface area contributed by atoms with Crippen LogP contribution in [0.5, 0.6) is 0 Å². The Labute approximate surface area is 63.9 Å². The van der Waals surface area contributed by atoms with E-state index in [9.17, 15) is 4.79 Å². The molecule has 0 aromatic carbocycles. The summed E-state index contributed by atoms with van der Waals surface area (Å²) in [6.45, 7) is 1.79. The molecule has 1 rings (SSSR count). The van der Waals surface area contributed by atoms with Gasteiger partial charge in [-0.1, -0.05) is 0 Å². The summed E-state index contributed by atoms with van der Waals surface area (Å²) in [7, 11) is 0. The van der Waals surface area contributed by atoms with Crippen LogP contribution in [0.2, 0.25) is 0 Å². The lowest BCUT2D eigenvalue weighted by Crippen LogP contribution is -1.92. The molecule has 0 saturated heterocycles. The first-order chi connectivity index (χ1) is 4.72. The molecule has 52 valence electrons. The molecule has 10 heavy (non-hydrogen) atoms. The van der Waals surface area contributed by atoms with Gasteiger partial charge in [0, 0.05) is 5.69 Å². The maximum absolute atomic E-state index is 10.2. The third-order valence-electron chi connectivity index (χ3n) is 0.983. The molecule has 0 spiro atoms. The minimum absolute atomic E-state index is 0.335. The van der Waals surface area contributed by atoms with Crippen LogP contribution < -0.4 is 0 Å².